The summed E-state index contributed by atoms with van der Waals surface area (Å²) >= 11 is -10.4. The van der Waals surface area contributed by atoms with Gasteiger partial charge in [0.2, 0.25) is 0 Å². The molecule has 0 amide bonds. The number of anilines is 3. The van der Waals surface area contributed by atoms with Crippen LogP contribution in [0.2, 0.25) is 0 Å². The van der Waals surface area contributed by atoms with Gasteiger partial charge in [-0.05, 0) is 0 Å². The number of aromatic nitrogens is 3. The fraction of sp³-hybridized carbons (Fsp3) is 0. The molecule has 79 heavy (non-hydrogen) atoms. The molecular weight excluding hydrogens is 1500 g/mol. The average Bonchev–Trinajstić information content (AvgIpc) is 2.99. The molecule has 4 nitrogen and oxygen atoms in total. The molecule has 0 N–H and O–H groups in total. The van der Waals surface area contributed by atoms with Crippen molar-refractivity contribution in [1.82, 2.24) is 14.5 Å². The summed E-state index contributed by atoms with van der Waals surface area (Å²) in [5.41, 5.74) is 5.93. The van der Waals surface area contributed by atoms with Gasteiger partial charge >= 0.3 is 460 Å². The van der Waals surface area contributed by atoms with Crippen molar-refractivity contribution < 1.29 is 40.2 Å². The predicted octanol–water partition coefficient (Wildman–Crippen LogP) is 7.40. The van der Waals surface area contributed by atoms with Gasteiger partial charge in [0, 0.05) is 40.2 Å². The van der Waals surface area contributed by atoms with E-state index in [2.05, 4.69) is 289 Å². The van der Waals surface area contributed by atoms with Crippen molar-refractivity contribution in [3.63, 3.8) is 0 Å². The van der Waals surface area contributed by atoms with Crippen LogP contribution in [0.15, 0.2) is 291 Å². The molecule has 0 fully saturated rings. The van der Waals surface area contributed by atoms with Gasteiger partial charge in [-0.2, -0.15) is 0 Å². The molecule has 0 bridgehead atoms. The number of nitrogens with zero attached hydrogens (tertiary/aromatic N) is 4. The summed E-state index contributed by atoms with van der Waals surface area (Å²) in [6, 6.07) is 111. The Bertz CT molecular complexity index is 4090. The second-order valence-corrected chi connectivity index (χ2v) is 43.6. The van der Waals surface area contributed by atoms with E-state index in [0.717, 1.165) is 22.8 Å². The predicted molar refractivity (Wildman–Crippen MR) is 327 cm³/mol. The van der Waals surface area contributed by atoms with Crippen molar-refractivity contribution in [2.75, 3.05) is 4.90 Å². The van der Waals surface area contributed by atoms with E-state index < -0.39 is 39.8 Å². The van der Waals surface area contributed by atoms with Crippen LogP contribution < -0.4 is 57.7 Å². The van der Waals surface area contributed by atoms with Crippen molar-refractivity contribution in [2.45, 2.75) is 0 Å². The summed E-state index contributed by atoms with van der Waals surface area (Å²) in [7, 11) is 0. The van der Waals surface area contributed by atoms with E-state index in [1.54, 1.807) is 0 Å². The van der Waals surface area contributed by atoms with E-state index in [1.807, 2.05) is 24.5 Å². The second kappa shape index (κ2) is 20.9. The van der Waals surface area contributed by atoms with Crippen LogP contribution in [0.25, 0.3) is 27.6 Å². The van der Waals surface area contributed by atoms with Gasteiger partial charge in [-0.15, -0.1) is 0 Å². The third-order valence-corrected chi connectivity index (χ3v) is 46.9. The minimum atomic E-state index is -3.59. The van der Waals surface area contributed by atoms with E-state index in [9.17, 15) is 0 Å². The average molecular weight is 1550 g/mol. The van der Waals surface area contributed by atoms with Crippen molar-refractivity contribution in [2.24, 2.45) is 0 Å². The zero-order valence-electron chi connectivity index (χ0n) is 42.7. The van der Waals surface area contributed by atoms with E-state index in [0.29, 0.717) is 0 Å². The first-order valence-corrected chi connectivity index (χ1v) is 39.0. The monoisotopic (exact) mass is 1550 g/mol. The number of fused-ring (bicyclic) bond motifs is 9. The Morgan fingerprint density at radius 3 is 1.18 bits per heavy atom. The fourth-order valence-corrected chi connectivity index (χ4v) is 46.3. The fourth-order valence-electron chi connectivity index (χ4n) is 13.8. The van der Waals surface area contributed by atoms with Crippen LogP contribution in [0.5, 0.6) is 0 Å². The number of pyridine rings is 2. The van der Waals surface area contributed by atoms with Gasteiger partial charge in [-0.25, -0.2) is 0 Å². The van der Waals surface area contributed by atoms with Crippen molar-refractivity contribution >= 4 is 132 Å². The van der Waals surface area contributed by atoms with Gasteiger partial charge in [0.25, 0.3) is 0 Å². The normalized spacial score (nSPS) is 14.2. The number of rotatable bonds is 6. The number of benzene rings is 10. The van der Waals surface area contributed by atoms with Crippen LogP contribution in [0.4, 0.5) is 17.2 Å². The third-order valence-electron chi connectivity index (χ3n) is 16.6. The zero-order valence-corrected chi connectivity index (χ0v) is 53.8. The Hall–Kier alpha value is -6.97. The van der Waals surface area contributed by atoms with Crippen LogP contribution in [-0.4, -0.2) is 54.3 Å². The Balaban J connectivity index is 0.000000154. The Kier molecular flexibility index (Phi) is 13.6. The summed E-state index contributed by atoms with van der Waals surface area (Å²) < 4.78 is 19.5. The van der Waals surface area contributed by atoms with Gasteiger partial charge in [0.05, 0.1) is 0 Å². The molecule has 0 atom stereocenters. The molecule has 380 valence electrons. The summed E-state index contributed by atoms with van der Waals surface area (Å²) in [6.07, 6.45) is 3.86. The molecule has 13 aromatic rings. The SMILES string of the molecule is [Ir].[Ir].[c-]1ccc[c]2c1-n1c3ncccc3c3ccc[c](c31)[Ge]2([c]1ccccc1)[c]1ccccc1.[c-]1ccc[c]2c1N1c3nccc[c]3[Ge]([c]3ccccc3)([c]3ccccc3)[c]3ccc[c](c31)[Ge]2([c]1ccccc1)[c]1ccccc1. The Labute approximate surface area is 495 Å². The number of hydrogen-bond acceptors (Lipinski definition) is 3. The van der Waals surface area contributed by atoms with E-state index in [1.165, 1.54) is 74.7 Å². The summed E-state index contributed by atoms with van der Waals surface area (Å²) in [5, 5.41) is 2.47. The zero-order chi connectivity index (χ0) is 51.0. The molecule has 9 heteroatoms. The molecule has 0 aliphatic carbocycles. The molecule has 16 rings (SSSR count). The summed E-state index contributed by atoms with van der Waals surface area (Å²) in [4.78, 5) is 12.5. The molecule has 3 aliphatic heterocycles. The third kappa shape index (κ3) is 7.46. The minimum absolute atomic E-state index is 0. The maximum atomic E-state index is 5.26. The molecule has 0 spiro atoms. The molecular formula is C70H48Ge3Ir2N4-2. The van der Waals surface area contributed by atoms with Gasteiger partial charge < -0.3 is 0 Å². The Morgan fingerprint density at radius 2 is 0.671 bits per heavy atom. The molecule has 2 radical (unpaired) electrons. The van der Waals surface area contributed by atoms with Crippen molar-refractivity contribution in [3.05, 3.63) is 304 Å². The van der Waals surface area contributed by atoms with Gasteiger partial charge in [-0.1, -0.05) is 0 Å². The number of hydrogen-bond donors (Lipinski definition) is 0. The summed E-state index contributed by atoms with van der Waals surface area (Å²) in [6.45, 7) is 0. The van der Waals surface area contributed by atoms with Crippen molar-refractivity contribution in [1.29, 1.82) is 0 Å². The Morgan fingerprint density at radius 1 is 0.304 bits per heavy atom. The maximum absolute atomic E-state index is 5.26. The van der Waals surface area contributed by atoms with Crippen molar-refractivity contribution in [3.8, 4) is 5.69 Å². The van der Waals surface area contributed by atoms with Crippen LogP contribution in [0.1, 0.15) is 0 Å². The second-order valence-electron chi connectivity index (χ2n) is 20.1. The van der Waals surface area contributed by atoms with E-state index >= 15 is 0 Å². The standard InChI is InChI=1S/C41H29Ge2N2.C29H19GeN2.2Ir/c1-5-17-31(18-6-1)42(32-19-7-2-8-20-32)35-25-13-14-29-39(35)45-40-36(42)26-15-27-37(40)43(33-21-9-3-10-22-33,34-23-11-4-12-24-34)38-28-16-30-44-41(38)45;1-3-11-21(12-4-1)30(22-13-5-2-6-14-22)25-17-7-8-19-27(25)32-28-23(15-9-18-26(28)30)24-16-10-20-31-29(24)32;;/h1-28,30H;1-18,20H;;/q2*-1;;. The van der Waals surface area contributed by atoms with Crippen LogP contribution >= 0.6 is 0 Å². The molecule has 0 unspecified atom stereocenters. The van der Waals surface area contributed by atoms with Gasteiger partial charge in [-0.3, -0.25) is 0 Å². The van der Waals surface area contributed by atoms with E-state index in [4.69, 9.17) is 9.97 Å². The van der Waals surface area contributed by atoms with E-state index in [-0.39, 0.29) is 40.2 Å². The first-order valence-electron chi connectivity index (χ1n) is 26.4. The van der Waals surface area contributed by atoms with Crippen LogP contribution in [-0.2, 0) is 40.2 Å². The number of para-hydroxylation sites is 4. The van der Waals surface area contributed by atoms with Gasteiger partial charge in [0.1, 0.15) is 0 Å². The molecule has 0 saturated heterocycles. The van der Waals surface area contributed by atoms with Crippen LogP contribution in [0, 0.1) is 12.1 Å². The molecule has 3 aliphatic rings. The molecule has 3 aromatic heterocycles. The van der Waals surface area contributed by atoms with Crippen LogP contribution in [0.3, 0.4) is 0 Å². The quantitative estimate of drug-likeness (QED) is 0.129. The topological polar surface area (TPSA) is 34.0 Å². The molecule has 10 aromatic carbocycles. The first-order chi connectivity index (χ1) is 38.3. The van der Waals surface area contributed by atoms with Gasteiger partial charge in [0.15, 0.2) is 0 Å². The summed E-state index contributed by atoms with van der Waals surface area (Å²) in [5.74, 6) is 1.05. The molecule has 6 heterocycles. The first kappa shape index (κ1) is 51.5. The molecule has 0 saturated carbocycles.